The summed E-state index contributed by atoms with van der Waals surface area (Å²) in [6.07, 6.45) is 29.2. The van der Waals surface area contributed by atoms with Gasteiger partial charge in [0.25, 0.3) is 0 Å². The summed E-state index contributed by atoms with van der Waals surface area (Å²) in [6, 6.07) is 57.0. The zero-order valence-corrected chi connectivity index (χ0v) is 49.8. The summed E-state index contributed by atoms with van der Waals surface area (Å²) in [6.45, 7) is 0.115. The number of rotatable bonds is 7. The van der Waals surface area contributed by atoms with Crippen LogP contribution >= 0.6 is 0 Å². The lowest BCUT2D eigenvalue weighted by molar-refractivity contribution is -0.395. The van der Waals surface area contributed by atoms with Gasteiger partial charge in [-0.1, -0.05) is 72.8 Å². The third-order valence-electron chi connectivity index (χ3n) is 34.8. The molecule has 4 spiro atoms. The molecule has 3 heterocycles. The van der Waals surface area contributed by atoms with E-state index in [9.17, 15) is 0 Å². The van der Waals surface area contributed by atoms with Crippen molar-refractivity contribution in [3.05, 3.63) is 172 Å². The molecule has 0 amide bonds. The molecule has 86 heavy (non-hydrogen) atoms. The monoisotopic (exact) mass is 1110 g/mol. The molecule has 9 unspecified atom stereocenters. The van der Waals surface area contributed by atoms with Crippen molar-refractivity contribution in [2.45, 2.75) is 156 Å². The quantitative estimate of drug-likeness (QED) is 0.144. The average molecular weight is 1110 g/mol. The first-order valence-corrected chi connectivity index (χ1v) is 35.8. The van der Waals surface area contributed by atoms with Gasteiger partial charge in [-0.05, 0) is 365 Å². The number of anilines is 3. The van der Waals surface area contributed by atoms with Crippen LogP contribution in [-0.2, 0) is 28.1 Å². The summed E-state index contributed by atoms with van der Waals surface area (Å²) >= 11 is 0. The lowest BCUT2D eigenvalue weighted by atomic mass is 9.12. The molecule has 0 radical (unpaired) electrons. The fourth-order valence-electron chi connectivity index (χ4n) is 32.3. The third kappa shape index (κ3) is 4.15. The van der Waals surface area contributed by atoms with Crippen molar-refractivity contribution in [1.82, 2.24) is 4.48 Å². The second-order valence-electron chi connectivity index (χ2n) is 35.7. The van der Waals surface area contributed by atoms with Gasteiger partial charge in [0, 0.05) is 55.8 Å². The van der Waals surface area contributed by atoms with E-state index in [0.717, 1.165) is 77.4 Å². The van der Waals surface area contributed by atoms with Gasteiger partial charge in [-0.2, -0.15) is 0 Å². The number of nitrogens with zero attached hydrogens (tertiary/aromatic N) is 2. The highest BCUT2D eigenvalue weighted by Gasteiger charge is 2.88. The second-order valence-corrected chi connectivity index (χ2v) is 35.7. The van der Waals surface area contributed by atoms with Crippen LogP contribution in [0.1, 0.15) is 167 Å². The van der Waals surface area contributed by atoms with Crippen LogP contribution in [0.15, 0.2) is 133 Å². The third-order valence-corrected chi connectivity index (χ3v) is 34.8. The fraction of sp³-hybridized carbons (Fsp3) is 0.494. The Morgan fingerprint density at radius 3 is 1.51 bits per heavy atom. The van der Waals surface area contributed by atoms with Crippen LogP contribution in [0.2, 0.25) is 0 Å². The van der Waals surface area contributed by atoms with Gasteiger partial charge < -0.3 is 9.38 Å². The summed E-state index contributed by atoms with van der Waals surface area (Å²) in [4.78, 5) is 2.64. The molecule has 420 valence electrons. The van der Waals surface area contributed by atoms with E-state index >= 15 is 0 Å². The first-order chi connectivity index (χ1) is 42.2. The van der Waals surface area contributed by atoms with Crippen molar-refractivity contribution in [2.75, 3.05) is 4.90 Å². The van der Waals surface area contributed by atoms with Crippen LogP contribution in [-0.4, -0.2) is 11.3 Å². The maximum atomic E-state index is 3.08. The largest absolute Gasteiger partial charge is 0.375 e. The Balaban J connectivity index is 0.754. The zero-order valence-electron chi connectivity index (χ0n) is 49.8. The molecule has 17 aliphatic carbocycles. The van der Waals surface area contributed by atoms with Gasteiger partial charge in [-0.3, -0.25) is 0 Å². The number of benzene rings is 7. The van der Waals surface area contributed by atoms with Crippen LogP contribution in [0.3, 0.4) is 0 Å². The predicted octanol–water partition coefficient (Wildman–Crippen LogP) is 17.5. The summed E-state index contributed by atoms with van der Waals surface area (Å²) in [5.41, 5.74) is 32.6. The smallest absolute Gasteiger partial charge is 0.329 e. The van der Waals surface area contributed by atoms with Crippen LogP contribution in [0, 0.1) is 92.7 Å². The summed E-state index contributed by atoms with van der Waals surface area (Å²) in [7, 11) is 0. The molecule has 8 aromatic rings. The van der Waals surface area contributed by atoms with E-state index in [2.05, 4.69) is 143 Å². The molecule has 2 aliphatic heterocycles. The normalized spacial score (nSPS) is 46.8. The Morgan fingerprint density at radius 1 is 0.407 bits per heavy atom. The number of hydrogen-bond donors (Lipinski definition) is 0. The molecule has 3 heteroatoms. The Kier molecular flexibility index (Phi) is 6.80. The van der Waals surface area contributed by atoms with Gasteiger partial charge in [0.15, 0.2) is 0 Å². The van der Waals surface area contributed by atoms with Crippen molar-refractivity contribution in [1.29, 1.82) is 0 Å². The standard InChI is InChI=1S/C83H75BN2/c1-3-7-60(8-4-1)85(61-9-5-2-6-10-61)62-30-67-65-15-43-11-12-44(76-32-52-16-48-17-53(33-76)80(48,52)40-76)24-63(43)66-28-47(79-38-58-22-51-23-59(39-79)83(51,58)79)29-71(73(65)66)84-74(67)68(31-62)70-27-46(78-36-56-20-50-21-57(37-78)82(50,56)42-78)26-69-64-25-45(13-14-72(64)86(84)75(69)70)77-34-54-18-49-19-55(35-77)81(49,54)41-77/h1-14,24-31,48-59,65H,15-23,32-42H2. The highest BCUT2D eigenvalue weighted by atomic mass is 15.1. The highest BCUT2D eigenvalue weighted by Crippen LogP contribution is 2.93. The Hall–Kier alpha value is -5.80. The average Bonchev–Trinajstić information content (AvgIpc) is 1.000. The number of aromatic nitrogens is 1. The van der Waals surface area contributed by atoms with Crippen LogP contribution in [0.25, 0.3) is 44.1 Å². The van der Waals surface area contributed by atoms with E-state index in [4.69, 9.17) is 0 Å². The zero-order chi connectivity index (χ0) is 54.5. The van der Waals surface area contributed by atoms with E-state index < -0.39 is 0 Å². The molecule has 2 nitrogen and oxygen atoms in total. The van der Waals surface area contributed by atoms with Gasteiger partial charge in [0.05, 0.1) is 0 Å². The minimum Gasteiger partial charge on any atom is -0.375 e. The van der Waals surface area contributed by atoms with E-state index in [1.807, 2.05) is 0 Å². The Labute approximate surface area is 506 Å². The number of hydrogen-bond acceptors (Lipinski definition) is 1. The van der Waals surface area contributed by atoms with Gasteiger partial charge in [0.2, 0.25) is 0 Å². The van der Waals surface area contributed by atoms with Gasteiger partial charge in [0.1, 0.15) is 0 Å². The molecule has 9 atom stereocenters. The molecule has 6 bridgehead atoms. The molecule has 19 aliphatic rings. The maximum absolute atomic E-state index is 3.08. The maximum Gasteiger partial charge on any atom is 0.329 e. The van der Waals surface area contributed by atoms with Crippen molar-refractivity contribution in [3.8, 4) is 22.3 Å². The highest BCUT2D eigenvalue weighted by molar-refractivity contribution is 6.88. The van der Waals surface area contributed by atoms with Gasteiger partial charge in [-0.15, -0.1) is 0 Å². The minimum absolute atomic E-state index is 0.115. The van der Waals surface area contributed by atoms with E-state index in [0.29, 0.717) is 43.3 Å². The molecular weight excluding hydrogens is 1040 g/mol. The molecule has 1 aromatic heterocycles. The van der Waals surface area contributed by atoms with E-state index in [1.165, 1.54) is 145 Å². The van der Waals surface area contributed by atoms with Crippen molar-refractivity contribution in [2.24, 2.45) is 92.7 Å². The first-order valence-electron chi connectivity index (χ1n) is 35.8. The SMILES string of the molecule is c1ccc(N(c2ccccc2)c2cc3c4c(c2)C2Cc5ccc(C67CC8CC9CC(C6)C98C7)cc5-c5cc(C67CC8CC9CC(C6)C987)cc(c52)B4n2c4ccc(C56CC7CC8CC(C5)C87C6)cc4c4cc(C56CC7CC8CC(C5)C87C6)cc-3c42)cc1. The van der Waals surface area contributed by atoms with E-state index in [-0.39, 0.29) is 12.8 Å². The number of para-hydroxylation sites is 2. The van der Waals surface area contributed by atoms with Gasteiger partial charge in [-0.25, -0.2) is 0 Å². The number of fused-ring (bicyclic) bond motifs is 12. The molecule has 0 N–H and O–H groups in total. The molecule has 16 saturated carbocycles. The summed E-state index contributed by atoms with van der Waals surface area (Å²) < 4.78 is 3.08. The molecule has 0 saturated heterocycles. The molecular formula is C83H75BN2. The summed E-state index contributed by atoms with van der Waals surface area (Å²) in [5, 5.41) is 3.19. The van der Waals surface area contributed by atoms with Crippen LogP contribution in [0.4, 0.5) is 17.1 Å². The van der Waals surface area contributed by atoms with Crippen LogP contribution in [0.5, 0.6) is 0 Å². The topological polar surface area (TPSA) is 8.17 Å². The molecule has 16 fully saturated rings. The fourth-order valence-corrected chi connectivity index (χ4v) is 32.3. The Bertz CT molecular complexity index is 4580. The minimum atomic E-state index is 0.115. The Morgan fingerprint density at radius 2 is 0.942 bits per heavy atom. The lowest BCUT2D eigenvalue weighted by Gasteiger charge is -2.91. The first kappa shape index (κ1) is 44.6. The summed E-state index contributed by atoms with van der Waals surface area (Å²) in [5.74, 6) is 12.2. The molecule has 7 aromatic carbocycles. The van der Waals surface area contributed by atoms with Crippen molar-refractivity contribution >= 4 is 56.6 Å². The van der Waals surface area contributed by atoms with Gasteiger partial charge >= 0.3 is 6.85 Å². The predicted molar refractivity (Wildman–Crippen MR) is 343 cm³/mol. The van der Waals surface area contributed by atoms with E-state index in [1.54, 1.807) is 88.4 Å². The van der Waals surface area contributed by atoms with Crippen LogP contribution < -0.4 is 15.8 Å². The van der Waals surface area contributed by atoms with Crippen molar-refractivity contribution < 1.29 is 0 Å². The lowest BCUT2D eigenvalue weighted by Crippen LogP contribution is -2.87. The molecule has 27 rings (SSSR count). The van der Waals surface area contributed by atoms with Crippen molar-refractivity contribution in [3.63, 3.8) is 0 Å². The second kappa shape index (κ2) is 13.1.